The molecule has 0 radical (unpaired) electrons. The molecule has 2 amide bonds. The number of nitrogens with one attached hydrogen (secondary N) is 1. The van der Waals surface area contributed by atoms with Crippen LogP contribution in [0.5, 0.6) is 0 Å². The van der Waals surface area contributed by atoms with Crippen molar-refractivity contribution in [3.8, 4) is 0 Å². The molecule has 3 rings (SSSR count). The van der Waals surface area contributed by atoms with Gasteiger partial charge in [0.2, 0.25) is 11.8 Å². The van der Waals surface area contributed by atoms with Crippen LogP contribution in [-0.2, 0) is 15.8 Å². The Hall–Kier alpha value is -1.70. The molecule has 1 aromatic carbocycles. The molecule has 2 aliphatic rings. The zero-order valence-corrected chi connectivity index (χ0v) is 12.9. The first kappa shape index (κ1) is 16.2. The van der Waals surface area contributed by atoms with E-state index in [9.17, 15) is 22.8 Å². The van der Waals surface area contributed by atoms with Crippen molar-refractivity contribution in [1.82, 2.24) is 10.2 Å². The number of rotatable bonds is 4. The van der Waals surface area contributed by atoms with Crippen LogP contribution in [0, 0.1) is 0 Å². The molecule has 0 spiro atoms. The van der Waals surface area contributed by atoms with E-state index in [-0.39, 0.29) is 35.9 Å². The largest absolute Gasteiger partial charge is 0.416 e. The molecule has 1 heterocycles. The third-order valence-electron chi connectivity index (χ3n) is 3.96. The lowest BCUT2D eigenvalue weighted by Gasteiger charge is -2.15. The number of amides is 2. The lowest BCUT2D eigenvalue weighted by molar-refractivity contribution is -0.138. The number of nitrogens with zero attached hydrogens (tertiary/aromatic N) is 1. The maximum Gasteiger partial charge on any atom is 0.416 e. The number of thioether (sulfide) groups is 1. The van der Waals surface area contributed by atoms with Gasteiger partial charge in [-0.05, 0) is 18.1 Å². The second-order valence-corrected chi connectivity index (χ2v) is 6.63. The summed E-state index contributed by atoms with van der Waals surface area (Å²) < 4.78 is 39.0. The summed E-state index contributed by atoms with van der Waals surface area (Å²) in [4.78, 5) is 24.8. The van der Waals surface area contributed by atoms with Crippen LogP contribution in [0.3, 0.4) is 0 Å². The van der Waals surface area contributed by atoms with Crippen molar-refractivity contribution < 1.29 is 22.8 Å². The zero-order chi connectivity index (χ0) is 16.6. The molecule has 124 valence electrons. The van der Waals surface area contributed by atoms with Crippen LogP contribution in [0.4, 0.5) is 13.2 Å². The van der Waals surface area contributed by atoms with Gasteiger partial charge in [-0.25, -0.2) is 0 Å². The molecule has 0 unspecified atom stereocenters. The van der Waals surface area contributed by atoms with Crippen molar-refractivity contribution in [3.05, 3.63) is 35.4 Å². The quantitative estimate of drug-likeness (QED) is 0.911. The van der Waals surface area contributed by atoms with Crippen LogP contribution in [0.2, 0.25) is 0 Å². The van der Waals surface area contributed by atoms with E-state index < -0.39 is 11.7 Å². The standard InChI is InChI=1S/C15H15F3N2O2S/c16-15(17,18)11-4-2-1-3-9(11)10-5-12(10)19-13(21)6-20-8-23-7-14(20)22/h1-4,10,12H,5-8H2,(H,19,21)/t10-,12-/m1/s1. The summed E-state index contributed by atoms with van der Waals surface area (Å²) in [5.74, 6) is 0.133. The fourth-order valence-electron chi connectivity index (χ4n) is 2.74. The molecule has 0 aromatic heterocycles. The van der Waals surface area contributed by atoms with Crippen LogP contribution in [-0.4, -0.2) is 40.9 Å². The van der Waals surface area contributed by atoms with Crippen LogP contribution < -0.4 is 5.32 Å². The zero-order valence-electron chi connectivity index (χ0n) is 12.1. The van der Waals surface area contributed by atoms with Crippen molar-refractivity contribution in [2.75, 3.05) is 18.2 Å². The van der Waals surface area contributed by atoms with E-state index in [1.165, 1.54) is 28.8 Å². The van der Waals surface area contributed by atoms with Gasteiger partial charge in [0.25, 0.3) is 0 Å². The SMILES string of the molecule is O=C(CN1CSCC1=O)N[C@@H]1C[C@@H]1c1ccccc1C(F)(F)F. The lowest BCUT2D eigenvalue weighted by atomic mass is 10.0. The van der Waals surface area contributed by atoms with E-state index in [1.54, 1.807) is 6.07 Å². The summed E-state index contributed by atoms with van der Waals surface area (Å²) in [5, 5.41) is 2.72. The Morgan fingerprint density at radius 1 is 1.35 bits per heavy atom. The molecule has 1 aliphatic carbocycles. The highest BCUT2D eigenvalue weighted by atomic mass is 32.2. The molecule has 2 fully saturated rings. The van der Waals surface area contributed by atoms with Crippen LogP contribution in [0.1, 0.15) is 23.5 Å². The fourth-order valence-corrected chi connectivity index (χ4v) is 3.65. The molecule has 23 heavy (non-hydrogen) atoms. The third-order valence-corrected chi connectivity index (χ3v) is 4.91. The summed E-state index contributed by atoms with van der Waals surface area (Å²) >= 11 is 1.44. The minimum Gasteiger partial charge on any atom is -0.351 e. The van der Waals surface area contributed by atoms with E-state index in [0.29, 0.717) is 18.1 Å². The van der Waals surface area contributed by atoms with Gasteiger partial charge >= 0.3 is 6.18 Å². The van der Waals surface area contributed by atoms with Crippen LogP contribution in [0.25, 0.3) is 0 Å². The highest BCUT2D eigenvalue weighted by Crippen LogP contribution is 2.46. The Balaban J connectivity index is 1.60. The number of hydrogen-bond donors (Lipinski definition) is 1. The van der Waals surface area contributed by atoms with E-state index >= 15 is 0 Å². The summed E-state index contributed by atoms with van der Waals surface area (Å²) in [6, 6.07) is 5.16. The van der Waals surface area contributed by atoms with Crippen molar-refractivity contribution in [2.24, 2.45) is 0 Å². The number of benzene rings is 1. The Morgan fingerprint density at radius 3 is 2.74 bits per heavy atom. The molecular weight excluding hydrogens is 329 g/mol. The van der Waals surface area contributed by atoms with Gasteiger partial charge in [0.15, 0.2) is 0 Å². The number of hydrogen-bond acceptors (Lipinski definition) is 3. The van der Waals surface area contributed by atoms with Gasteiger partial charge < -0.3 is 10.2 Å². The molecule has 1 saturated heterocycles. The minimum absolute atomic E-state index is 0.0318. The maximum atomic E-state index is 13.0. The van der Waals surface area contributed by atoms with Crippen LogP contribution >= 0.6 is 11.8 Å². The average molecular weight is 344 g/mol. The topological polar surface area (TPSA) is 49.4 Å². The molecule has 4 nitrogen and oxygen atoms in total. The summed E-state index contributed by atoms with van der Waals surface area (Å²) in [6.07, 6.45) is -3.91. The molecule has 1 N–H and O–H groups in total. The van der Waals surface area contributed by atoms with Crippen molar-refractivity contribution >= 4 is 23.6 Å². The Kier molecular flexibility index (Phi) is 4.27. The van der Waals surface area contributed by atoms with Gasteiger partial charge in [-0.1, -0.05) is 18.2 Å². The Bertz CT molecular complexity index is 635. The molecule has 0 bridgehead atoms. The Labute approximate surface area is 135 Å². The fraction of sp³-hybridized carbons (Fsp3) is 0.467. The van der Waals surface area contributed by atoms with Gasteiger partial charge in [-0.2, -0.15) is 13.2 Å². The Morgan fingerprint density at radius 2 is 2.09 bits per heavy atom. The first-order valence-corrected chi connectivity index (χ1v) is 8.32. The van der Waals surface area contributed by atoms with Crippen molar-refractivity contribution in [3.63, 3.8) is 0 Å². The molecule has 1 saturated carbocycles. The number of carbonyl (C=O) groups is 2. The van der Waals surface area contributed by atoms with Crippen molar-refractivity contribution in [2.45, 2.75) is 24.6 Å². The average Bonchev–Trinajstić information content (AvgIpc) is 3.13. The molecular formula is C15H15F3N2O2S. The van der Waals surface area contributed by atoms with E-state index in [2.05, 4.69) is 5.32 Å². The van der Waals surface area contributed by atoms with E-state index in [0.717, 1.165) is 6.07 Å². The minimum atomic E-state index is -4.40. The molecule has 1 aromatic rings. The monoisotopic (exact) mass is 344 g/mol. The normalized spacial score (nSPS) is 24.0. The summed E-state index contributed by atoms with van der Waals surface area (Å²) in [5.41, 5.74) is -0.425. The van der Waals surface area contributed by atoms with Gasteiger partial charge in [0, 0.05) is 12.0 Å². The number of alkyl halides is 3. The van der Waals surface area contributed by atoms with E-state index in [4.69, 9.17) is 0 Å². The smallest absolute Gasteiger partial charge is 0.351 e. The highest BCUT2D eigenvalue weighted by molar-refractivity contribution is 8.00. The third kappa shape index (κ3) is 3.63. The number of carbonyl (C=O) groups excluding carboxylic acids is 2. The van der Waals surface area contributed by atoms with Gasteiger partial charge in [-0.3, -0.25) is 9.59 Å². The second-order valence-electron chi connectivity index (χ2n) is 5.67. The number of halogens is 3. The van der Waals surface area contributed by atoms with Crippen LogP contribution in [0.15, 0.2) is 24.3 Å². The predicted octanol–water partition coefficient (Wildman–Crippen LogP) is 2.21. The molecule has 8 heteroatoms. The highest BCUT2D eigenvalue weighted by Gasteiger charge is 2.45. The summed E-state index contributed by atoms with van der Waals surface area (Å²) in [7, 11) is 0. The van der Waals surface area contributed by atoms with Gasteiger partial charge in [-0.15, -0.1) is 11.8 Å². The maximum absolute atomic E-state index is 13.0. The molecule has 2 atom stereocenters. The lowest BCUT2D eigenvalue weighted by Crippen LogP contribution is -2.39. The summed E-state index contributed by atoms with van der Waals surface area (Å²) in [6.45, 7) is -0.0318. The predicted molar refractivity (Wildman–Crippen MR) is 79.8 cm³/mol. The first-order valence-electron chi connectivity index (χ1n) is 7.17. The van der Waals surface area contributed by atoms with E-state index in [1.807, 2.05) is 0 Å². The van der Waals surface area contributed by atoms with Gasteiger partial charge in [0.1, 0.15) is 6.54 Å². The second kappa shape index (κ2) is 6.07. The van der Waals surface area contributed by atoms with Crippen molar-refractivity contribution in [1.29, 1.82) is 0 Å². The molecule has 1 aliphatic heterocycles. The van der Waals surface area contributed by atoms with Gasteiger partial charge in [0.05, 0.1) is 17.2 Å². The first-order chi connectivity index (χ1) is 10.9.